The van der Waals surface area contributed by atoms with Crippen LogP contribution in [-0.4, -0.2) is 73.8 Å². The van der Waals surface area contributed by atoms with Gasteiger partial charge < -0.3 is 24.8 Å². The predicted octanol–water partition coefficient (Wildman–Crippen LogP) is 3.13. The number of fused-ring (bicyclic) bond motifs is 1. The van der Waals surface area contributed by atoms with Gasteiger partial charge in [0.05, 0.1) is 35.6 Å². The summed E-state index contributed by atoms with van der Waals surface area (Å²) < 4.78 is 12.9. The van der Waals surface area contributed by atoms with E-state index in [9.17, 15) is 9.90 Å². The number of carbonyl (C=O) groups excluding carboxylic acids is 1. The van der Waals surface area contributed by atoms with Gasteiger partial charge in [0.2, 0.25) is 5.95 Å². The molecule has 1 aliphatic rings. The monoisotopic (exact) mass is 511 g/mol. The third-order valence-electron chi connectivity index (χ3n) is 6.16. The number of H-pyrrole nitrogens is 1. The Morgan fingerprint density at radius 2 is 2.06 bits per heavy atom. The van der Waals surface area contributed by atoms with Crippen molar-refractivity contribution >= 4 is 40.0 Å². The van der Waals surface area contributed by atoms with Crippen molar-refractivity contribution in [3.8, 4) is 22.9 Å². The zero-order chi connectivity index (χ0) is 25.2. The quantitative estimate of drug-likeness (QED) is 0.345. The SMILES string of the molecule is COc1cc(-c2nc(Nc3ccc4[nH]ncc4c3Cl)n(C)n2)ccc1OCC(=O)N1CCC(O)CC1. The largest absolute Gasteiger partial charge is 0.493 e. The third kappa shape index (κ3) is 4.79. The van der Waals surface area contributed by atoms with Crippen molar-refractivity contribution in [2.75, 3.05) is 32.1 Å². The van der Waals surface area contributed by atoms with Gasteiger partial charge in [-0.2, -0.15) is 10.1 Å². The molecule has 0 aliphatic carbocycles. The zero-order valence-electron chi connectivity index (χ0n) is 19.9. The standard InChI is InChI=1S/C24H26ClN7O4/c1-31-24(27-18-5-4-17-16(22(18)25)12-26-29-17)28-23(30-31)14-3-6-19(20(11-14)35-2)36-13-21(34)32-9-7-15(33)8-10-32/h3-6,11-12,15,33H,7-10,13H2,1-2H3,(H,26,29)(H,27,28,30). The Balaban J connectivity index is 1.30. The normalized spacial score (nSPS) is 14.3. The number of methoxy groups -OCH3 is 1. The van der Waals surface area contributed by atoms with Crippen molar-refractivity contribution in [1.82, 2.24) is 29.9 Å². The Bertz CT molecular complexity index is 1390. The zero-order valence-corrected chi connectivity index (χ0v) is 20.6. The minimum absolute atomic E-state index is 0.108. The average molecular weight is 512 g/mol. The van der Waals surface area contributed by atoms with Crippen LogP contribution < -0.4 is 14.8 Å². The van der Waals surface area contributed by atoms with Crippen LogP contribution in [0.5, 0.6) is 11.5 Å². The summed E-state index contributed by atoms with van der Waals surface area (Å²) in [6.07, 6.45) is 2.50. The van der Waals surface area contributed by atoms with Gasteiger partial charge in [0.25, 0.3) is 5.91 Å². The van der Waals surface area contributed by atoms with E-state index in [-0.39, 0.29) is 18.6 Å². The molecular formula is C24H26ClN7O4. The van der Waals surface area contributed by atoms with Crippen LogP contribution in [0.3, 0.4) is 0 Å². The van der Waals surface area contributed by atoms with Gasteiger partial charge in [0, 0.05) is 31.1 Å². The van der Waals surface area contributed by atoms with Crippen LogP contribution in [-0.2, 0) is 11.8 Å². The summed E-state index contributed by atoms with van der Waals surface area (Å²) in [7, 11) is 3.32. The molecule has 0 saturated carbocycles. The summed E-state index contributed by atoms with van der Waals surface area (Å²) >= 11 is 6.53. The highest BCUT2D eigenvalue weighted by molar-refractivity contribution is 6.38. The summed E-state index contributed by atoms with van der Waals surface area (Å²) in [4.78, 5) is 18.8. The molecule has 3 N–H and O–H groups in total. The van der Waals surface area contributed by atoms with Crippen molar-refractivity contribution in [2.45, 2.75) is 18.9 Å². The number of hydrogen-bond donors (Lipinski definition) is 3. The fourth-order valence-corrected chi connectivity index (χ4v) is 4.35. The smallest absolute Gasteiger partial charge is 0.260 e. The summed E-state index contributed by atoms with van der Waals surface area (Å²) in [5.41, 5.74) is 2.24. The van der Waals surface area contributed by atoms with Gasteiger partial charge in [-0.15, -0.1) is 5.10 Å². The van der Waals surface area contributed by atoms with E-state index >= 15 is 0 Å². The first kappa shape index (κ1) is 23.9. The molecule has 11 nitrogen and oxygen atoms in total. The molecular weight excluding hydrogens is 486 g/mol. The van der Waals surface area contributed by atoms with Crippen LogP contribution in [0.2, 0.25) is 5.02 Å². The minimum atomic E-state index is -0.337. The third-order valence-corrected chi connectivity index (χ3v) is 6.57. The Hall–Kier alpha value is -3.83. The Kier molecular flexibility index (Phi) is 6.66. The predicted molar refractivity (Wildman–Crippen MR) is 135 cm³/mol. The molecule has 36 heavy (non-hydrogen) atoms. The Morgan fingerprint density at radius 1 is 1.25 bits per heavy atom. The topological polar surface area (TPSA) is 130 Å². The van der Waals surface area contributed by atoms with Crippen LogP contribution in [0.4, 0.5) is 11.6 Å². The van der Waals surface area contributed by atoms with Crippen molar-refractivity contribution in [1.29, 1.82) is 0 Å². The summed E-state index contributed by atoms with van der Waals surface area (Å²) in [6, 6.07) is 9.04. The molecule has 12 heteroatoms. The summed E-state index contributed by atoms with van der Waals surface area (Å²) in [5, 5.41) is 25.6. The fourth-order valence-electron chi connectivity index (χ4n) is 4.09. The van der Waals surface area contributed by atoms with Gasteiger partial charge in [0.1, 0.15) is 0 Å². The van der Waals surface area contributed by atoms with Crippen molar-refractivity contribution in [3.63, 3.8) is 0 Å². The van der Waals surface area contributed by atoms with E-state index in [0.717, 1.165) is 16.5 Å². The Morgan fingerprint density at radius 3 is 2.83 bits per heavy atom. The van der Waals surface area contributed by atoms with E-state index in [0.29, 0.717) is 59.9 Å². The number of aliphatic hydroxyl groups excluding tert-OH is 1. The van der Waals surface area contributed by atoms with Gasteiger partial charge in [-0.05, 0) is 43.2 Å². The lowest BCUT2D eigenvalue weighted by atomic mass is 10.1. The maximum Gasteiger partial charge on any atom is 0.260 e. The molecule has 1 fully saturated rings. The molecule has 2 aromatic heterocycles. The van der Waals surface area contributed by atoms with Crippen LogP contribution in [0.1, 0.15) is 12.8 Å². The number of likely N-dealkylation sites (tertiary alicyclic amines) is 1. The van der Waals surface area contributed by atoms with Crippen molar-refractivity contribution in [2.24, 2.45) is 7.05 Å². The van der Waals surface area contributed by atoms with Crippen molar-refractivity contribution < 1.29 is 19.4 Å². The van der Waals surface area contributed by atoms with Crippen LogP contribution in [0.25, 0.3) is 22.3 Å². The number of anilines is 2. The van der Waals surface area contributed by atoms with Gasteiger partial charge in [-0.1, -0.05) is 11.6 Å². The lowest BCUT2D eigenvalue weighted by molar-refractivity contribution is -0.135. The number of ether oxygens (including phenoxy) is 2. The highest BCUT2D eigenvalue weighted by Gasteiger charge is 2.22. The number of halogens is 1. The molecule has 0 bridgehead atoms. The fraction of sp³-hybridized carbons (Fsp3) is 0.333. The maximum atomic E-state index is 12.5. The number of piperidine rings is 1. The first-order valence-corrected chi connectivity index (χ1v) is 11.9. The second kappa shape index (κ2) is 10.0. The van der Waals surface area contributed by atoms with E-state index in [1.807, 2.05) is 18.2 Å². The molecule has 5 rings (SSSR count). The first-order valence-electron chi connectivity index (χ1n) is 11.5. The molecule has 0 radical (unpaired) electrons. The van der Waals surface area contributed by atoms with Crippen LogP contribution in [0.15, 0.2) is 36.5 Å². The maximum absolute atomic E-state index is 12.5. The molecule has 0 spiro atoms. The van der Waals surface area contributed by atoms with Crippen LogP contribution in [0, 0.1) is 0 Å². The molecule has 1 aliphatic heterocycles. The molecule has 3 heterocycles. The van der Waals surface area contributed by atoms with E-state index in [4.69, 9.17) is 21.1 Å². The average Bonchev–Trinajstić information content (AvgIpc) is 3.51. The number of aromatic nitrogens is 5. The Labute approximate surface area is 212 Å². The number of nitrogens with zero attached hydrogens (tertiary/aromatic N) is 5. The van der Waals surface area contributed by atoms with E-state index in [2.05, 4.69) is 25.6 Å². The molecule has 4 aromatic rings. The number of nitrogens with one attached hydrogen (secondary N) is 2. The number of rotatable bonds is 7. The number of aromatic amines is 1. The molecule has 1 amide bonds. The van der Waals surface area contributed by atoms with Gasteiger partial charge in [-0.25, -0.2) is 4.68 Å². The highest BCUT2D eigenvalue weighted by Crippen LogP contribution is 2.34. The lowest BCUT2D eigenvalue weighted by Gasteiger charge is -2.29. The minimum Gasteiger partial charge on any atom is -0.493 e. The second-order valence-electron chi connectivity index (χ2n) is 8.53. The number of amides is 1. The van der Waals surface area contributed by atoms with E-state index < -0.39 is 0 Å². The van der Waals surface area contributed by atoms with Gasteiger partial charge >= 0.3 is 0 Å². The number of aryl methyl sites for hydroxylation is 1. The molecule has 1 saturated heterocycles. The molecule has 188 valence electrons. The highest BCUT2D eigenvalue weighted by atomic mass is 35.5. The summed E-state index contributed by atoms with van der Waals surface area (Å²) in [6.45, 7) is 0.952. The first-order chi connectivity index (χ1) is 17.4. The number of aliphatic hydroxyl groups is 1. The molecule has 2 aromatic carbocycles. The van der Waals surface area contributed by atoms with E-state index in [1.165, 1.54) is 7.11 Å². The van der Waals surface area contributed by atoms with Gasteiger partial charge in [-0.3, -0.25) is 9.89 Å². The number of hydrogen-bond acceptors (Lipinski definition) is 8. The van der Waals surface area contributed by atoms with E-state index in [1.54, 1.807) is 35.0 Å². The van der Waals surface area contributed by atoms with Gasteiger partial charge in [0.15, 0.2) is 23.9 Å². The lowest BCUT2D eigenvalue weighted by Crippen LogP contribution is -2.42. The number of benzene rings is 2. The number of carbonyl (C=O) groups is 1. The van der Waals surface area contributed by atoms with Crippen LogP contribution >= 0.6 is 11.6 Å². The van der Waals surface area contributed by atoms with Crippen molar-refractivity contribution in [3.05, 3.63) is 41.6 Å². The molecule has 0 unspecified atom stereocenters. The summed E-state index contributed by atoms with van der Waals surface area (Å²) in [5.74, 6) is 1.77. The molecule has 0 atom stereocenters. The second-order valence-corrected chi connectivity index (χ2v) is 8.91.